The molecule has 37 heavy (non-hydrogen) atoms. The molecule has 4 aliphatic rings. The minimum Gasteiger partial charge on any atom is -0.352 e. The first-order valence-electron chi connectivity index (χ1n) is 13.4. The van der Waals surface area contributed by atoms with Crippen LogP contribution in [-0.2, 0) is 9.59 Å². The maximum absolute atomic E-state index is 15.0. The van der Waals surface area contributed by atoms with Gasteiger partial charge in [0.25, 0.3) is 5.91 Å². The van der Waals surface area contributed by atoms with Crippen LogP contribution >= 0.6 is 0 Å². The molecule has 0 radical (unpaired) electrons. The zero-order valence-electron chi connectivity index (χ0n) is 21.9. The molecule has 1 aromatic heterocycles. The molecule has 0 aromatic carbocycles. The summed E-state index contributed by atoms with van der Waals surface area (Å²) in [5.41, 5.74) is 6.70. The Bertz CT molecular complexity index is 1040. The molecular weight excluding hydrogens is 475 g/mol. The van der Waals surface area contributed by atoms with Crippen molar-refractivity contribution in [1.82, 2.24) is 20.2 Å². The van der Waals surface area contributed by atoms with E-state index in [4.69, 9.17) is 5.73 Å². The number of nitrogens with zero attached hydrogens (tertiary/aromatic N) is 5. The summed E-state index contributed by atoms with van der Waals surface area (Å²) in [4.78, 5) is 42.0. The van der Waals surface area contributed by atoms with Gasteiger partial charge in [-0.05, 0) is 38.0 Å². The predicted molar refractivity (Wildman–Crippen MR) is 142 cm³/mol. The molecule has 202 valence electrons. The molecule has 4 N–H and O–H groups in total. The van der Waals surface area contributed by atoms with Gasteiger partial charge in [-0.3, -0.25) is 14.6 Å². The van der Waals surface area contributed by atoms with Crippen molar-refractivity contribution in [3.05, 3.63) is 23.8 Å². The van der Waals surface area contributed by atoms with Gasteiger partial charge in [-0.25, -0.2) is 9.37 Å². The number of nitrogens with two attached hydrogens (primary N) is 1. The number of hydrogen-bond acceptors (Lipinski definition) is 8. The van der Waals surface area contributed by atoms with Crippen LogP contribution in [0.2, 0.25) is 0 Å². The number of rotatable bonds is 11. The fourth-order valence-electron chi connectivity index (χ4n) is 5.15. The lowest BCUT2D eigenvalue weighted by molar-refractivity contribution is -0.136. The third-order valence-corrected chi connectivity index (χ3v) is 7.24. The summed E-state index contributed by atoms with van der Waals surface area (Å²) < 4.78 is 15.0. The lowest BCUT2D eigenvalue weighted by atomic mass is 9.94. The maximum atomic E-state index is 15.0. The standard InChI is InChI=1S/C26H39FN8O2/c1-3-4-19(8-10-22(29-2)24(36)30-12-11-28)32-26-31-13-21(27)23(33-26)34-14-17-5-9-20(16-34)35(15-17)25(37)18-6-7-18/h8,13,17-18,20H,3-7,9-12,14-16,28H2,1-2H3,(H,30,36)(H,31,32,33)/b19-8+,29-22+/t17-,20+/m0/s1. The minimum atomic E-state index is -0.468. The van der Waals surface area contributed by atoms with Crippen molar-refractivity contribution in [1.29, 1.82) is 0 Å². The summed E-state index contributed by atoms with van der Waals surface area (Å²) in [5, 5.41) is 5.96. The van der Waals surface area contributed by atoms with Gasteiger partial charge in [0.05, 0.1) is 6.20 Å². The lowest BCUT2D eigenvalue weighted by Crippen LogP contribution is -2.48. The van der Waals surface area contributed by atoms with Gasteiger partial charge >= 0.3 is 0 Å². The Hall–Kier alpha value is -3.08. The van der Waals surface area contributed by atoms with Crippen molar-refractivity contribution in [3.63, 3.8) is 0 Å². The molecule has 5 rings (SSSR count). The highest BCUT2D eigenvalue weighted by molar-refractivity contribution is 6.39. The Balaban J connectivity index is 1.47. The first-order chi connectivity index (χ1) is 17.9. The molecular formula is C26H39FN8O2. The molecule has 11 heteroatoms. The zero-order chi connectivity index (χ0) is 26.4. The average Bonchev–Trinajstić information content (AvgIpc) is 3.76. The summed E-state index contributed by atoms with van der Waals surface area (Å²) in [6.07, 6.45) is 8.98. The Morgan fingerprint density at radius 3 is 2.76 bits per heavy atom. The molecule has 4 heterocycles. The van der Waals surface area contributed by atoms with Gasteiger partial charge in [-0.2, -0.15) is 4.98 Å². The largest absolute Gasteiger partial charge is 0.352 e. The van der Waals surface area contributed by atoms with Crippen molar-refractivity contribution in [2.24, 2.45) is 22.6 Å². The van der Waals surface area contributed by atoms with Crippen LogP contribution in [-0.4, -0.2) is 78.2 Å². The number of aromatic nitrogens is 2. The van der Waals surface area contributed by atoms with Crippen LogP contribution in [0.15, 0.2) is 23.0 Å². The van der Waals surface area contributed by atoms with E-state index >= 15 is 0 Å². The Labute approximate surface area is 218 Å². The average molecular weight is 515 g/mol. The zero-order valence-corrected chi connectivity index (χ0v) is 21.9. The molecule has 10 nitrogen and oxygen atoms in total. The van der Waals surface area contributed by atoms with E-state index in [1.54, 1.807) is 7.05 Å². The fourth-order valence-corrected chi connectivity index (χ4v) is 5.15. The molecule has 3 saturated heterocycles. The van der Waals surface area contributed by atoms with Gasteiger partial charge in [0.1, 0.15) is 5.71 Å². The van der Waals surface area contributed by atoms with E-state index in [1.165, 1.54) is 6.20 Å². The Kier molecular flexibility index (Phi) is 9.07. The molecule has 2 atom stereocenters. The summed E-state index contributed by atoms with van der Waals surface area (Å²) in [6, 6.07) is 0.0883. The third-order valence-electron chi connectivity index (χ3n) is 7.24. The molecule has 1 saturated carbocycles. The number of hydrogen-bond donors (Lipinski definition) is 3. The van der Waals surface area contributed by atoms with E-state index in [1.807, 2.05) is 15.9 Å². The number of halogens is 1. The molecule has 3 aliphatic heterocycles. The summed E-state index contributed by atoms with van der Waals surface area (Å²) in [6.45, 7) is 4.80. The second-order valence-corrected chi connectivity index (χ2v) is 10.2. The number of piperidine rings is 1. The summed E-state index contributed by atoms with van der Waals surface area (Å²) >= 11 is 0. The smallest absolute Gasteiger partial charge is 0.265 e. The van der Waals surface area contributed by atoms with Gasteiger partial charge in [0.15, 0.2) is 11.6 Å². The molecule has 1 aromatic rings. The molecule has 4 fully saturated rings. The van der Waals surface area contributed by atoms with Crippen LogP contribution < -0.4 is 21.3 Å². The second kappa shape index (κ2) is 12.4. The summed E-state index contributed by atoms with van der Waals surface area (Å²) in [5.74, 6) is 0.621. The van der Waals surface area contributed by atoms with Gasteiger partial charge in [-0.15, -0.1) is 0 Å². The highest BCUT2D eigenvalue weighted by Crippen LogP contribution is 2.37. The summed E-state index contributed by atoms with van der Waals surface area (Å²) in [7, 11) is 1.58. The monoisotopic (exact) mass is 514 g/mol. The van der Waals surface area contributed by atoms with E-state index in [-0.39, 0.29) is 29.6 Å². The normalized spacial score (nSPS) is 22.2. The first kappa shape index (κ1) is 27.0. The van der Waals surface area contributed by atoms with Crippen molar-refractivity contribution in [2.45, 2.75) is 57.9 Å². The van der Waals surface area contributed by atoms with E-state index in [2.05, 4.69) is 32.5 Å². The van der Waals surface area contributed by atoms with Crippen LogP contribution in [0.4, 0.5) is 16.2 Å². The number of fused-ring (bicyclic) bond motifs is 4. The first-order valence-corrected chi connectivity index (χ1v) is 13.4. The molecule has 0 unspecified atom stereocenters. The van der Waals surface area contributed by atoms with Crippen LogP contribution in [0.5, 0.6) is 0 Å². The number of carbonyl (C=O) groups is 2. The fraction of sp³-hybridized carbons (Fsp3) is 0.654. The van der Waals surface area contributed by atoms with Crippen molar-refractivity contribution in [3.8, 4) is 0 Å². The van der Waals surface area contributed by atoms with Gasteiger partial charge < -0.3 is 26.2 Å². The topological polar surface area (TPSA) is 129 Å². The molecule has 2 bridgehead atoms. The predicted octanol–water partition coefficient (Wildman–Crippen LogP) is 2.08. The van der Waals surface area contributed by atoms with E-state index in [0.717, 1.165) is 44.3 Å². The Morgan fingerprint density at radius 1 is 1.24 bits per heavy atom. The van der Waals surface area contributed by atoms with Gasteiger partial charge in [-0.1, -0.05) is 19.4 Å². The van der Waals surface area contributed by atoms with E-state index in [0.29, 0.717) is 56.6 Å². The van der Waals surface area contributed by atoms with E-state index in [9.17, 15) is 14.0 Å². The van der Waals surface area contributed by atoms with Crippen LogP contribution in [0.25, 0.3) is 0 Å². The van der Waals surface area contributed by atoms with E-state index < -0.39 is 5.82 Å². The van der Waals surface area contributed by atoms with Crippen molar-refractivity contribution in [2.75, 3.05) is 50.0 Å². The quantitative estimate of drug-likeness (QED) is 0.386. The highest BCUT2D eigenvalue weighted by Gasteiger charge is 2.42. The number of allylic oxidation sites excluding steroid dienone is 2. The molecule has 1 aliphatic carbocycles. The number of amides is 2. The number of aliphatic imine (C=N–C) groups is 1. The SMILES string of the molecule is CCC/C(=C\C/C(=N\C)C(=O)NCCN)Nc1ncc(F)c(N2C[C@@H]3CC[C@H](C2)N(C(=O)C2CC2)C3)n1. The third kappa shape index (κ3) is 6.82. The number of carbonyl (C=O) groups excluding carboxylic acids is 2. The van der Waals surface area contributed by atoms with Crippen molar-refractivity contribution < 1.29 is 14.0 Å². The molecule has 2 amide bonds. The highest BCUT2D eigenvalue weighted by atomic mass is 19.1. The van der Waals surface area contributed by atoms with Gasteiger partial charge in [0, 0.05) is 63.8 Å². The minimum absolute atomic E-state index is 0.0883. The second-order valence-electron chi connectivity index (χ2n) is 10.2. The van der Waals surface area contributed by atoms with Gasteiger partial charge in [0.2, 0.25) is 11.9 Å². The number of nitrogens with one attached hydrogen (secondary N) is 2. The maximum Gasteiger partial charge on any atom is 0.265 e. The Morgan fingerprint density at radius 2 is 2.05 bits per heavy atom. The van der Waals surface area contributed by atoms with Crippen LogP contribution in [0, 0.1) is 17.7 Å². The van der Waals surface area contributed by atoms with Crippen LogP contribution in [0.3, 0.4) is 0 Å². The van der Waals surface area contributed by atoms with Crippen molar-refractivity contribution >= 4 is 29.3 Å². The lowest BCUT2D eigenvalue weighted by Gasteiger charge is -2.36. The van der Waals surface area contributed by atoms with Crippen LogP contribution in [0.1, 0.15) is 51.9 Å². The number of anilines is 2. The molecule has 0 spiro atoms.